The molecule has 0 unspecified atom stereocenters. The minimum Gasteiger partial charge on any atom is -0.434 e. The summed E-state index contributed by atoms with van der Waals surface area (Å²) in [6.07, 6.45) is -0.516. The fourth-order valence-electron chi connectivity index (χ4n) is 2.13. The number of cyclic esters (lactones) is 1. The number of nitrogens with one attached hydrogen (secondary N) is 1. The monoisotopic (exact) mass is 268 g/mol. The Morgan fingerprint density at radius 3 is 2.50 bits per heavy atom. The molecule has 1 heterocycles. The summed E-state index contributed by atoms with van der Waals surface area (Å²) in [5.74, 6) is -0.818. The van der Waals surface area contributed by atoms with Crippen LogP contribution in [-0.4, -0.2) is 11.9 Å². The predicted octanol–water partition coefficient (Wildman–Crippen LogP) is 2.07. The molecule has 0 spiro atoms. The van der Waals surface area contributed by atoms with Gasteiger partial charge in [0, 0.05) is 16.8 Å². The summed E-state index contributed by atoms with van der Waals surface area (Å²) < 4.78 is 5.27. The van der Waals surface area contributed by atoms with E-state index in [-0.39, 0.29) is 5.97 Å². The molecule has 3 N–H and O–H groups in total. The Balaban J connectivity index is 1.82. The summed E-state index contributed by atoms with van der Waals surface area (Å²) in [7, 11) is 0. The van der Waals surface area contributed by atoms with E-state index in [1.54, 1.807) is 36.4 Å². The first-order chi connectivity index (χ1) is 9.65. The van der Waals surface area contributed by atoms with Crippen molar-refractivity contribution >= 4 is 17.6 Å². The first-order valence-electron chi connectivity index (χ1n) is 6.11. The van der Waals surface area contributed by atoms with Crippen molar-refractivity contribution in [1.82, 2.24) is 0 Å². The number of primary amides is 1. The van der Waals surface area contributed by atoms with Gasteiger partial charge in [-0.25, -0.2) is 4.79 Å². The Labute approximate surface area is 115 Å². The maximum absolute atomic E-state index is 11.7. The average Bonchev–Trinajstić information content (AvgIpc) is 2.77. The number of benzene rings is 2. The summed E-state index contributed by atoms with van der Waals surface area (Å²) in [6.45, 7) is 0. The van der Waals surface area contributed by atoms with E-state index in [9.17, 15) is 9.59 Å². The van der Waals surface area contributed by atoms with Crippen molar-refractivity contribution in [2.45, 2.75) is 6.23 Å². The van der Waals surface area contributed by atoms with Crippen molar-refractivity contribution in [2.75, 3.05) is 5.32 Å². The Bertz CT molecular complexity index is 680. The highest BCUT2D eigenvalue weighted by Crippen LogP contribution is 2.31. The molecule has 3 rings (SSSR count). The second-order valence-corrected chi connectivity index (χ2v) is 4.46. The summed E-state index contributed by atoms with van der Waals surface area (Å²) in [6, 6.07) is 13.9. The molecule has 0 saturated heterocycles. The van der Waals surface area contributed by atoms with Crippen LogP contribution in [0.25, 0.3) is 0 Å². The third-order valence-electron chi connectivity index (χ3n) is 3.16. The highest BCUT2D eigenvalue weighted by molar-refractivity contribution is 5.94. The summed E-state index contributed by atoms with van der Waals surface area (Å²) in [4.78, 5) is 22.7. The van der Waals surface area contributed by atoms with Crippen molar-refractivity contribution in [1.29, 1.82) is 0 Å². The molecule has 0 fully saturated rings. The Kier molecular flexibility index (Phi) is 2.87. The van der Waals surface area contributed by atoms with Gasteiger partial charge in [-0.1, -0.05) is 18.2 Å². The first-order valence-corrected chi connectivity index (χ1v) is 6.11. The molecular formula is C15H12N2O3. The number of ether oxygens (including phenoxy) is 1. The van der Waals surface area contributed by atoms with Gasteiger partial charge < -0.3 is 15.8 Å². The highest BCUT2D eigenvalue weighted by Gasteiger charge is 2.30. The van der Waals surface area contributed by atoms with E-state index in [4.69, 9.17) is 10.5 Å². The van der Waals surface area contributed by atoms with Gasteiger partial charge in [0.2, 0.25) is 12.1 Å². The van der Waals surface area contributed by atoms with Crippen LogP contribution in [-0.2, 0) is 4.74 Å². The summed E-state index contributed by atoms with van der Waals surface area (Å²) in [5, 5.41) is 3.10. The van der Waals surface area contributed by atoms with Crippen LogP contribution >= 0.6 is 0 Å². The normalized spacial score (nSPS) is 16.4. The summed E-state index contributed by atoms with van der Waals surface area (Å²) >= 11 is 0. The molecule has 2 aromatic rings. The van der Waals surface area contributed by atoms with Crippen LogP contribution in [0.1, 0.15) is 32.5 Å². The number of hydrogen-bond acceptors (Lipinski definition) is 4. The van der Waals surface area contributed by atoms with Gasteiger partial charge >= 0.3 is 5.97 Å². The van der Waals surface area contributed by atoms with Crippen molar-refractivity contribution in [3.63, 3.8) is 0 Å². The molecule has 2 aromatic carbocycles. The topological polar surface area (TPSA) is 81.4 Å². The van der Waals surface area contributed by atoms with Crippen LogP contribution in [0.15, 0.2) is 48.5 Å². The number of esters is 1. The van der Waals surface area contributed by atoms with Crippen LogP contribution in [0.2, 0.25) is 0 Å². The fourth-order valence-corrected chi connectivity index (χ4v) is 2.13. The second kappa shape index (κ2) is 4.70. The smallest absolute Gasteiger partial charge is 0.340 e. The Morgan fingerprint density at radius 2 is 1.80 bits per heavy atom. The highest BCUT2D eigenvalue weighted by atomic mass is 16.6. The zero-order valence-corrected chi connectivity index (χ0v) is 10.5. The lowest BCUT2D eigenvalue weighted by molar-refractivity contribution is 0.0437. The molecule has 0 aromatic heterocycles. The molecule has 0 saturated carbocycles. The fraction of sp³-hybridized carbons (Fsp3) is 0.0667. The second-order valence-electron chi connectivity index (χ2n) is 4.46. The standard InChI is InChI=1S/C15H12N2O3/c16-13(18)9-5-7-10(8-6-9)17-14-11-3-1-2-4-12(11)15(19)20-14/h1-8,14,17H,(H2,16,18)/t14-/m1/s1. The SMILES string of the molecule is NC(=O)c1ccc(N[C@@H]2OC(=O)c3ccccc32)cc1. The average molecular weight is 268 g/mol. The molecule has 0 aliphatic carbocycles. The van der Waals surface area contributed by atoms with Crippen LogP contribution in [0.4, 0.5) is 5.69 Å². The van der Waals surface area contributed by atoms with Gasteiger partial charge in [0.1, 0.15) is 0 Å². The number of carbonyl (C=O) groups is 2. The first kappa shape index (κ1) is 12.2. The van der Waals surface area contributed by atoms with Crippen molar-refractivity contribution < 1.29 is 14.3 Å². The van der Waals surface area contributed by atoms with E-state index in [1.807, 2.05) is 12.1 Å². The van der Waals surface area contributed by atoms with E-state index in [1.165, 1.54) is 0 Å². The lowest BCUT2D eigenvalue weighted by Crippen LogP contribution is -2.12. The maximum atomic E-state index is 11.7. The minimum absolute atomic E-state index is 0.341. The van der Waals surface area contributed by atoms with Gasteiger partial charge in [-0.2, -0.15) is 0 Å². The molecule has 1 aliphatic rings. The molecule has 100 valence electrons. The summed E-state index contributed by atoms with van der Waals surface area (Å²) in [5.41, 5.74) is 7.72. The van der Waals surface area contributed by atoms with E-state index in [0.29, 0.717) is 11.1 Å². The van der Waals surface area contributed by atoms with Crippen LogP contribution in [0, 0.1) is 0 Å². The third-order valence-corrected chi connectivity index (χ3v) is 3.16. The van der Waals surface area contributed by atoms with Gasteiger partial charge in [0.05, 0.1) is 5.56 Å². The van der Waals surface area contributed by atoms with Gasteiger partial charge in [-0.05, 0) is 30.3 Å². The molecule has 5 heteroatoms. The van der Waals surface area contributed by atoms with Crippen LogP contribution in [0.3, 0.4) is 0 Å². The van der Waals surface area contributed by atoms with E-state index >= 15 is 0 Å². The number of rotatable bonds is 3. The number of fused-ring (bicyclic) bond motifs is 1. The molecule has 5 nitrogen and oxygen atoms in total. The van der Waals surface area contributed by atoms with Gasteiger partial charge in [0.15, 0.2) is 0 Å². The van der Waals surface area contributed by atoms with E-state index in [0.717, 1.165) is 11.3 Å². The maximum Gasteiger partial charge on any atom is 0.340 e. The number of hydrogen-bond donors (Lipinski definition) is 2. The minimum atomic E-state index is -0.516. The molecule has 0 bridgehead atoms. The molecule has 0 radical (unpaired) electrons. The van der Waals surface area contributed by atoms with Gasteiger partial charge in [-0.3, -0.25) is 4.79 Å². The van der Waals surface area contributed by atoms with Crippen molar-refractivity contribution in [3.8, 4) is 0 Å². The lowest BCUT2D eigenvalue weighted by Gasteiger charge is -2.14. The quantitative estimate of drug-likeness (QED) is 0.835. The molecule has 20 heavy (non-hydrogen) atoms. The zero-order valence-electron chi connectivity index (χ0n) is 10.5. The van der Waals surface area contributed by atoms with E-state index in [2.05, 4.69) is 5.32 Å². The Morgan fingerprint density at radius 1 is 1.10 bits per heavy atom. The molecule has 1 amide bonds. The lowest BCUT2D eigenvalue weighted by atomic mass is 10.1. The largest absolute Gasteiger partial charge is 0.434 e. The molecular weight excluding hydrogens is 256 g/mol. The number of amides is 1. The Hall–Kier alpha value is -2.82. The van der Waals surface area contributed by atoms with Gasteiger partial charge in [0.25, 0.3) is 0 Å². The van der Waals surface area contributed by atoms with Gasteiger partial charge in [-0.15, -0.1) is 0 Å². The van der Waals surface area contributed by atoms with E-state index < -0.39 is 12.1 Å². The zero-order chi connectivity index (χ0) is 14.1. The number of anilines is 1. The molecule has 1 atom stereocenters. The van der Waals surface area contributed by atoms with Crippen molar-refractivity contribution in [2.24, 2.45) is 5.73 Å². The number of carbonyl (C=O) groups excluding carboxylic acids is 2. The van der Waals surface area contributed by atoms with Crippen molar-refractivity contribution in [3.05, 3.63) is 65.2 Å². The third kappa shape index (κ3) is 2.09. The van der Waals surface area contributed by atoms with Crippen LogP contribution in [0.5, 0.6) is 0 Å². The van der Waals surface area contributed by atoms with Crippen LogP contribution < -0.4 is 11.1 Å². The number of nitrogens with two attached hydrogens (primary N) is 1. The predicted molar refractivity (Wildman–Crippen MR) is 73.2 cm³/mol. The molecule has 1 aliphatic heterocycles.